The Morgan fingerprint density at radius 1 is 1.33 bits per heavy atom. The van der Waals surface area contributed by atoms with Gasteiger partial charge in [-0.3, -0.25) is 9.59 Å². The average molecular weight is 183 g/mol. The molecule has 1 unspecified atom stereocenters. The molecule has 0 heterocycles. The Bertz CT molecular complexity index is 410. The molecule has 2 nitrogen and oxygen atoms in total. The van der Waals surface area contributed by atoms with Crippen LogP contribution in [-0.2, 0) is 0 Å². The van der Waals surface area contributed by atoms with E-state index >= 15 is 0 Å². The molecule has 0 N–H and O–H groups in total. The molecule has 2 rings (SSSR count). The first-order chi connectivity index (χ1) is 5.72. The van der Waals surface area contributed by atoms with Crippen LogP contribution in [-0.4, -0.2) is 0 Å². The van der Waals surface area contributed by atoms with Gasteiger partial charge in [0.25, 0.3) is 0 Å². The lowest BCUT2D eigenvalue weighted by Crippen LogP contribution is -2.36. The molecule has 1 atom stereocenters. The summed E-state index contributed by atoms with van der Waals surface area (Å²) in [5.41, 5.74) is -0.390. The summed E-state index contributed by atoms with van der Waals surface area (Å²) in [5.74, 6) is 0.0997. The highest BCUT2D eigenvalue weighted by molar-refractivity contribution is 6.32. The molecular formula is C9H7ClO2. The van der Waals surface area contributed by atoms with Gasteiger partial charge in [-0.25, -0.2) is 0 Å². The van der Waals surface area contributed by atoms with E-state index in [0.29, 0.717) is 5.56 Å². The smallest absolute Gasteiger partial charge is 0.245 e. The first-order valence-corrected chi connectivity index (χ1v) is 4.25. The van der Waals surface area contributed by atoms with Crippen LogP contribution in [0.3, 0.4) is 0 Å². The summed E-state index contributed by atoms with van der Waals surface area (Å²) in [6.45, 7) is 0. The minimum atomic E-state index is -0.521. The molecule has 0 saturated carbocycles. The van der Waals surface area contributed by atoms with E-state index in [9.17, 15) is 9.59 Å². The topological polar surface area (TPSA) is 34.1 Å². The normalized spacial score (nSPS) is 22.2. The van der Waals surface area contributed by atoms with Gasteiger partial charge in [0.05, 0.1) is 5.02 Å². The van der Waals surface area contributed by atoms with Gasteiger partial charge in [-0.2, -0.15) is 0 Å². The monoisotopic (exact) mass is 182 g/mol. The molecule has 0 saturated heterocycles. The van der Waals surface area contributed by atoms with Gasteiger partial charge in [-0.1, -0.05) is 23.8 Å². The second kappa shape index (κ2) is 2.56. The highest BCUT2D eigenvalue weighted by Crippen LogP contribution is 2.29. The summed E-state index contributed by atoms with van der Waals surface area (Å²) >= 11 is 5.62. The fourth-order valence-electron chi connectivity index (χ4n) is 1.59. The minimum Gasteiger partial charge on any atom is -0.285 e. The highest BCUT2D eigenvalue weighted by Gasteiger charge is 2.26. The molecule has 0 spiro atoms. The maximum atomic E-state index is 11.0. The third-order valence-electron chi connectivity index (χ3n) is 2.27. The summed E-state index contributed by atoms with van der Waals surface area (Å²) in [5, 5.41) is 0.150. The molecule has 1 aliphatic rings. The van der Waals surface area contributed by atoms with Crippen LogP contribution in [0.25, 0.3) is 0 Å². The molecule has 1 aliphatic carbocycles. The molecule has 0 amide bonds. The fourth-order valence-corrected chi connectivity index (χ4v) is 1.90. The Hall–Kier alpha value is -0.890. The van der Waals surface area contributed by atoms with E-state index in [4.69, 9.17) is 11.6 Å². The molecule has 0 fully saturated rings. The van der Waals surface area contributed by atoms with E-state index in [2.05, 4.69) is 0 Å². The van der Waals surface area contributed by atoms with Crippen LogP contribution in [0.4, 0.5) is 0 Å². The zero-order valence-electron chi connectivity index (χ0n) is 6.34. The molecule has 0 aromatic heterocycles. The van der Waals surface area contributed by atoms with Crippen LogP contribution in [0.15, 0.2) is 21.7 Å². The van der Waals surface area contributed by atoms with Gasteiger partial charge in [0.15, 0.2) is 0 Å². The van der Waals surface area contributed by atoms with Crippen molar-refractivity contribution in [1.82, 2.24) is 0 Å². The Labute approximate surface area is 74.2 Å². The molecule has 12 heavy (non-hydrogen) atoms. The summed E-state index contributed by atoms with van der Waals surface area (Å²) in [4.78, 5) is 21.8. The zero-order valence-corrected chi connectivity index (χ0v) is 7.10. The summed E-state index contributed by atoms with van der Waals surface area (Å²) < 4.78 is 0. The molecule has 1 aromatic carbocycles. The number of hydrogen-bond acceptors (Lipinski definition) is 2. The van der Waals surface area contributed by atoms with Crippen LogP contribution in [0, 0.1) is 0 Å². The van der Waals surface area contributed by atoms with E-state index < -0.39 is 10.9 Å². The predicted molar refractivity (Wildman–Crippen MR) is 47.5 cm³/mol. The summed E-state index contributed by atoms with van der Waals surface area (Å²) in [6.07, 6.45) is 5.84. The summed E-state index contributed by atoms with van der Waals surface area (Å²) in [7, 11) is 0. The number of halogens is 1. The lowest BCUT2D eigenvalue weighted by Gasteiger charge is -2.09. The van der Waals surface area contributed by atoms with E-state index in [1.165, 1.54) is 0 Å². The van der Waals surface area contributed by atoms with Crippen molar-refractivity contribution in [3.63, 3.8) is 0 Å². The van der Waals surface area contributed by atoms with Crippen molar-refractivity contribution < 1.29 is 0 Å². The molecule has 0 radical (unpaired) electrons. The third kappa shape index (κ3) is 0.879. The van der Waals surface area contributed by atoms with Gasteiger partial charge in [-0.15, -0.1) is 0 Å². The first-order valence-electron chi connectivity index (χ1n) is 3.87. The minimum absolute atomic E-state index is 0.0997. The van der Waals surface area contributed by atoms with Crippen molar-refractivity contribution in [3.05, 3.63) is 43.2 Å². The predicted octanol–water partition coefficient (Wildman–Crippen LogP) is 1.37. The number of hydrogen-bond donors (Lipinski definition) is 0. The Kier molecular flexibility index (Phi) is 1.65. The van der Waals surface area contributed by atoms with Crippen molar-refractivity contribution in [1.29, 1.82) is 0 Å². The molecule has 62 valence electrons. The van der Waals surface area contributed by atoms with Crippen molar-refractivity contribution in [2.24, 2.45) is 0 Å². The van der Waals surface area contributed by atoms with E-state index in [-0.39, 0.29) is 10.9 Å². The first kappa shape index (κ1) is 7.74. The molecule has 3 heteroatoms. The average Bonchev–Trinajstić information content (AvgIpc) is 2.57. The van der Waals surface area contributed by atoms with Gasteiger partial charge in [-0.05, 0) is 12.8 Å². The standard InChI is InChI=1S/C9H7ClO2/c10-7-6(8(11)9(7)12)5-3-1-2-4-5/h1,3,5H,2,4H2. The van der Waals surface area contributed by atoms with Crippen molar-refractivity contribution in [2.75, 3.05) is 0 Å². The van der Waals surface area contributed by atoms with Gasteiger partial charge < -0.3 is 0 Å². The van der Waals surface area contributed by atoms with Crippen LogP contribution in [0.2, 0.25) is 5.02 Å². The number of rotatable bonds is 1. The molecular weight excluding hydrogens is 176 g/mol. The lowest BCUT2D eigenvalue weighted by atomic mass is 9.95. The second-order valence-corrected chi connectivity index (χ2v) is 3.38. The van der Waals surface area contributed by atoms with Gasteiger partial charge in [0, 0.05) is 11.5 Å². The SMILES string of the molecule is O=c1c(Cl)c(C2C=CCC2)c1=O. The lowest BCUT2D eigenvalue weighted by molar-refractivity contribution is 0.785. The Morgan fingerprint density at radius 2 is 2.08 bits per heavy atom. The van der Waals surface area contributed by atoms with Crippen molar-refractivity contribution in [3.8, 4) is 0 Å². The number of allylic oxidation sites excluding steroid dienone is 2. The largest absolute Gasteiger partial charge is 0.285 e. The van der Waals surface area contributed by atoms with Gasteiger partial charge >= 0.3 is 0 Å². The fraction of sp³-hybridized carbons (Fsp3) is 0.333. The van der Waals surface area contributed by atoms with E-state index in [1.807, 2.05) is 12.2 Å². The molecule has 1 aromatic rings. The van der Waals surface area contributed by atoms with E-state index in [0.717, 1.165) is 12.8 Å². The quantitative estimate of drug-likeness (QED) is 0.486. The van der Waals surface area contributed by atoms with Crippen molar-refractivity contribution >= 4 is 11.6 Å². The van der Waals surface area contributed by atoms with E-state index in [1.54, 1.807) is 0 Å². The van der Waals surface area contributed by atoms with Gasteiger partial charge in [0.2, 0.25) is 10.9 Å². The third-order valence-corrected chi connectivity index (χ3v) is 2.65. The summed E-state index contributed by atoms with van der Waals surface area (Å²) in [6, 6.07) is 0. The maximum Gasteiger partial charge on any atom is 0.245 e. The van der Waals surface area contributed by atoms with Crippen molar-refractivity contribution in [2.45, 2.75) is 18.8 Å². The van der Waals surface area contributed by atoms with Crippen LogP contribution in [0.1, 0.15) is 24.3 Å². The zero-order chi connectivity index (χ0) is 8.72. The van der Waals surface area contributed by atoms with Crippen LogP contribution < -0.4 is 10.9 Å². The molecule has 0 aliphatic heterocycles. The van der Waals surface area contributed by atoms with Crippen LogP contribution >= 0.6 is 11.6 Å². The maximum absolute atomic E-state index is 11.0. The molecule has 0 bridgehead atoms. The highest BCUT2D eigenvalue weighted by atomic mass is 35.5. The van der Waals surface area contributed by atoms with Crippen LogP contribution in [0.5, 0.6) is 0 Å². The second-order valence-electron chi connectivity index (χ2n) is 3.00. The Balaban J connectivity index is 2.42. The Morgan fingerprint density at radius 3 is 2.58 bits per heavy atom. The van der Waals surface area contributed by atoms with Gasteiger partial charge in [0.1, 0.15) is 0 Å².